The van der Waals surface area contributed by atoms with Crippen molar-refractivity contribution in [3.05, 3.63) is 101 Å². The van der Waals surface area contributed by atoms with Gasteiger partial charge in [0.2, 0.25) is 0 Å². The molecule has 2 aliphatic rings. The Kier molecular flexibility index (Phi) is 7.09. The van der Waals surface area contributed by atoms with E-state index >= 15 is 0 Å². The van der Waals surface area contributed by atoms with Crippen LogP contribution in [0.5, 0.6) is 5.75 Å². The van der Waals surface area contributed by atoms with Crippen molar-refractivity contribution in [3.8, 4) is 5.75 Å². The Morgan fingerprint density at radius 1 is 0.943 bits per heavy atom. The van der Waals surface area contributed by atoms with Gasteiger partial charge in [0.05, 0.1) is 6.04 Å². The molecule has 5 rings (SSSR count). The molecule has 0 N–H and O–H groups in total. The Balaban J connectivity index is 1.45. The molecule has 0 bridgehead atoms. The Labute approximate surface area is 211 Å². The summed E-state index contributed by atoms with van der Waals surface area (Å²) < 4.78 is 5.97. The third-order valence-corrected chi connectivity index (χ3v) is 7.65. The van der Waals surface area contributed by atoms with Gasteiger partial charge in [0.15, 0.2) is 6.61 Å². The molecule has 0 aliphatic carbocycles. The molecule has 2 aliphatic heterocycles. The minimum atomic E-state index is -0.218. The lowest BCUT2D eigenvalue weighted by molar-refractivity contribution is -0.133. The van der Waals surface area contributed by atoms with Crippen LogP contribution in [0.3, 0.4) is 0 Å². The molecular formula is C29H30N2O3S. The van der Waals surface area contributed by atoms with Crippen LogP contribution in [-0.2, 0) is 11.2 Å². The summed E-state index contributed by atoms with van der Waals surface area (Å²) in [4.78, 5) is 30.1. The monoisotopic (exact) mass is 486 g/mol. The van der Waals surface area contributed by atoms with Crippen molar-refractivity contribution >= 4 is 23.6 Å². The molecule has 0 radical (unpaired) electrons. The molecule has 0 aromatic heterocycles. The summed E-state index contributed by atoms with van der Waals surface area (Å²) >= 11 is 1.88. The molecule has 2 heterocycles. The lowest BCUT2D eigenvalue weighted by Gasteiger charge is -2.38. The number of hydrogen-bond donors (Lipinski definition) is 0. The summed E-state index contributed by atoms with van der Waals surface area (Å²) in [5.41, 5.74) is 5.19. The fraction of sp³-hybridized carbons (Fsp3) is 0.310. The first-order chi connectivity index (χ1) is 17.1. The van der Waals surface area contributed by atoms with Crippen molar-refractivity contribution < 1.29 is 14.3 Å². The lowest BCUT2D eigenvalue weighted by Crippen LogP contribution is -2.41. The summed E-state index contributed by atoms with van der Waals surface area (Å²) in [5.74, 6) is 2.67. The quantitative estimate of drug-likeness (QED) is 0.523. The van der Waals surface area contributed by atoms with E-state index in [1.807, 2.05) is 70.1 Å². The average Bonchev–Trinajstić information content (AvgIpc) is 2.91. The van der Waals surface area contributed by atoms with Crippen LogP contribution in [-0.4, -0.2) is 59.4 Å². The predicted molar refractivity (Wildman–Crippen MR) is 140 cm³/mol. The van der Waals surface area contributed by atoms with E-state index in [9.17, 15) is 9.59 Å². The number of ether oxygens (including phenoxy) is 1. The first-order valence-electron chi connectivity index (χ1n) is 12.1. The van der Waals surface area contributed by atoms with Gasteiger partial charge in [-0.05, 0) is 54.3 Å². The van der Waals surface area contributed by atoms with Gasteiger partial charge < -0.3 is 14.5 Å². The lowest BCUT2D eigenvalue weighted by atomic mass is 9.87. The fourth-order valence-electron chi connectivity index (χ4n) is 4.90. The minimum Gasteiger partial charge on any atom is -0.484 e. The molecule has 0 spiro atoms. The number of carbonyl (C=O) groups excluding carboxylic acids is 2. The van der Waals surface area contributed by atoms with E-state index in [0.717, 1.165) is 47.7 Å². The number of fused-ring (bicyclic) bond motifs is 1. The van der Waals surface area contributed by atoms with Crippen molar-refractivity contribution in [2.75, 3.05) is 37.7 Å². The Hall–Kier alpha value is -3.25. The van der Waals surface area contributed by atoms with Gasteiger partial charge >= 0.3 is 0 Å². The van der Waals surface area contributed by atoms with E-state index in [1.54, 1.807) is 0 Å². The molecule has 3 aromatic rings. The molecule has 1 unspecified atom stereocenters. The molecule has 3 aromatic carbocycles. The third kappa shape index (κ3) is 5.22. The van der Waals surface area contributed by atoms with Crippen molar-refractivity contribution in [3.63, 3.8) is 0 Å². The van der Waals surface area contributed by atoms with E-state index in [0.29, 0.717) is 17.9 Å². The summed E-state index contributed by atoms with van der Waals surface area (Å²) in [6, 6.07) is 23.6. The second kappa shape index (κ2) is 10.6. The van der Waals surface area contributed by atoms with Crippen molar-refractivity contribution in [1.82, 2.24) is 9.80 Å². The Morgan fingerprint density at radius 2 is 1.74 bits per heavy atom. The van der Waals surface area contributed by atoms with Gasteiger partial charge in [-0.25, -0.2) is 0 Å². The first kappa shape index (κ1) is 23.5. The zero-order valence-electron chi connectivity index (χ0n) is 20.0. The molecular weight excluding hydrogens is 456 g/mol. The number of hydrogen-bond acceptors (Lipinski definition) is 4. The van der Waals surface area contributed by atoms with Gasteiger partial charge in [0.25, 0.3) is 11.8 Å². The van der Waals surface area contributed by atoms with E-state index in [2.05, 4.69) is 31.2 Å². The number of aryl methyl sites for hydroxylation is 1. The highest BCUT2D eigenvalue weighted by Gasteiger charge is 2.33. The zero-order chi connectivity index (χ0) is 24.2. The number of carbonyl (C=O) groups is 2. The topological polar surface area (TPSA) is 49.9 Å². The molecule has 2 amide bonds. The molecule has 6 heteroatoms. The van der Waals surface area contributed by atoms with E-state index < -0.39 is 0 Å². The van der Waals surface area contributed by atoms with Gasteiger partial charge in [-0.3, -0.25) is 9.59 Å². The number of thioether (sulfide) groups is 1. The highest BCUT2D eigenvalue weighted by atomic mass is 32.2. The van der Waals surface area contributed by atoms with Crippen LogP contribution in [0.2, 0.25) is 0 Å². The second-order valence-corrected chi connectivity index (χ2v) is 10.3. The first-order valence-corrected chi connectivity index (χ1v) is 13.3. The average molecular weight is 487 g/mol. The van der Waals surface area contributed by atoms with Gasteiger partial charge in [-0.2, -0.15) is 11.8 Å². The Morgan fingerprint density at radius 3 is 2.51 bits per heavy atom. The van der Waals surface area contributed by atoms with Crippen molar-refractivity contribution in [1.29, 1.82) is 0 Å². The van der Waals surface area contributed by atoms with Crippen LogP contribution in [0, 0.1) is 6.92 Å². The molecule has 35 heavy (non-hydrogen) atoms. The zero-order valence-corrected chi connectivity index (χ0v) is 20.8. The van der Waals surface area contributed by atoms with Crippen LogP contribution < -0.4 is 4.74 Å². The summed E-state index contributed by atoms with van der Waals surface area (Å²) in [6.07, 6.45) is 0.779. The molecule has 1 fully saturated rings. The molecule has 0 saturated carbocycles. The molecule has 1 atom stereocenters. The maximum atomic E-state index is 13.6. The maximum Gasteiger partial charge on any atom is 0.260 e. The smallest absolute Gasteiger partial charge is 0.260 e. The van der Waals surface area contributed by atoms with E-state index in [-0.39, 0.29) is 24.5 Å². The molecule has 180 valence electrons. The van der Waals surface area contributed by atoms with Crippen LogP contribution in [0.1, 0.15) is 38.7 Å². The number of benzene rings is 3. The molecule has 1 saturated heterocycles. The summed E-state index contributed by atoms with van der Waals surface area (Å²) in [5, 5.41) is 0. The normalized spacial score (nSPS) is 17.6. The number of amides is 2. The van der Waals surface area contributed by atoms with Gasteiger partial charge in [0.1, 0.15) is 5.75 Å². The predicted octanol–water partition coefficient (Wildman–Crippen LogP) is 4.74. The summed E-state index contributed by atoms with van der Waals surface area (Å²) in [6.45, 7) is 4.31. The van der Waals surface area contributed by atoms with E-state index in [1.165, 1.54) is 5.56 Å². The van der Waals surface area contributed by atoms with E-state index in [4.69, 9.17) is 4.74 Å². The van der Waals surface area contributed by atoms with Gasteiger partial charge in [-0.15, -0.1) is 0 Å². The van der Waals surface area contributed by atoms with Gasteiger partial charge in [0, 0.05) is 36.7 Å². The third-order valence-electron chi connectivity index (χ3n) is 6.71. The largest absolute Gasteiger partial charge is 0.484 e. The summed E-state index contributed by atoms with van der Waals surface area (Å²) in [7, 11) is 0. The van der Waals surface area contributed by atoms with Crippen LogP contribution in [0.4, 0.5) is 0 Å². The maximum absolute atomic E-state index is 13.6. The van der Waals surface area contributed by atoms with Gasteiger partial charge in [-0.1, -0.05) is 54.1 Å². The SMILES string of the molecule is Cc1cccc(C2c3cc(OCC(=O)N4CCSCC4)ccc3CCN2C(=O)c2ccccc2)c1. The molecule has 5 nitrogen and oxygen atoms in total. The highest BCUT2D eigenvalue weighted by Crippen LogP contribution is 2.38. The minimum absolute atomic E-state index is 0.0206. The second-order valence-electron chi connectivity index (χ2n) is 9.07. The Bertz CT molecular complexity index is 1210. The van der Waals surface area contributed by atoms with Crippen LogP contribution in [0.15, 0.2) is 72.8 Å². The van der Waals surface area contributed by atoms with Crippen LogP contribution >= 0.6 is 11.8 Å². The highest BCUT2D eigenvalue weighted by molar-refractivity contribution is 7.99. The van der Waals surface area contributed by atoms with Crippen molar-refractivity contribution in [2.24, 2.45) is 0 Å². The number of rotatable bonds is 5. The van der Waals surface area contributed by atoms with Crippen LogP contribution in [0.25, 0.3) is 0 Å². The number of nitrogens with zero attached hydrogens (tertiary/aromatic N) is 2. The standard InChI is InChI=1S/C29H30N2O3S/c1-21-6-5-9-24(18-21)28-26-19-25(34-20-27(32)30-14-16-35-17-15-30)11-10-22(26)12-13-31(28)29(33)23-7-3-2-4-8-23/h2-11,18-19,28H,12-17,20H2,1H3. The van der Waals surface area contributed by atoms with Crippen molar-refractivity contribution in [2.45, 2.75) is 19.4 Å². The fourth-order valence-corrected chi connectivity index (χ4v) is 5.80.